The van der Waals surface area contributed by atoms with Gasteiger partial charge in [-0.1, -0.05) is 0 Å². The molecule has 0 saturated carbocycles. The van der Waals surface area contributed by atoms with Gasteiger partial charge in [0.15, 0.2) is 0 Å². The van der Waals surface area contributed by atoms with Gasteiger partial charge in [-0.25, -0.2) is 4.98 Å². The van der Waals surface area contributed by atoms with Crippen molar-refractivity contribution in [2.45, 2.75) is 12.8 Å². The van der Waals surface area contributed by atoms with Crippen LogP contribution >= 0.6 is 15.9 Å². The Bertz CT molecular complexity index is 453. The largest absolute Gasteiger partial charge is 0.385 e. The van der Waals surface area contributed by atoms with Crippen LogP contribution in [0.15, 0.2) is 29.0 Å². The Hall–Kier alpha value is -0.870. The third-order valence-electron chi connectivity index (χ3n) is 2.25. The summed E-state index contributed by atoms with van der Waals surface area (Å²) in [7, 11) is 1.72. The standard InChI is InChI=1S/C11H13BrN2O/c1-15-6-2-3-10-8-14-7-9(12)4-5-11(14)13-10/h4-5,7-8H,2-3,6H2,1H3. The second-order valence-electron chi connectivity index (χ2n) is 3.44. The second kappa shape index (κ2) is 4.77. The van der Waals surface area contributed by atoms with Crippen molar-refractivity contribution in [2.24, 2.45) is 0 Å². The van der Waals surface area contributed by atoms with Gasteiger partial charge in [0.05, 0.1) is 5.69 Å². The van der Waals surface area contributed by atoms with Gasteiger partial charge in [-0.3, -0.25) is 0 Å². The minimum atomic E-state index is 0.789. The smallest absolute Gasteiger partial charge is 0.137 e. The maximum absolute atomic E-state index is 5.01. The molecule has 0 atom stereocenters. The van der Waals surface area contributed by atoms with Gasteiger partial charge in [0.25, 0.3) is 0 Å². The summed E-state index contributed by atoms with van der Waals surface area (Å²) in [5.41, 5.74) is 2.11. The summed E-state index contributed by atoms with van der Waals surface area (Å²) in [6.45, 7) is 0.789. The lowest BCUT2D eigenvalue weighted by molar-refractivity contribution is 0.195. The Morgan fingerprint density at radius 1 is 1.40 bits per heavy atom. The molecule has 0 aliphatic carbocycles. The van der Waals surface area contributed by atoms with Crippen LogP contribution in [0, 0.1) is 0 Å². The van der Waals surface area contributed by atoms with E-state index in [9.17, 15) is 0 Å². The van der Waals surface area contributed by atoms with Crippen molar-refractivity contribution in [3.63, 3.8) is 0 Å². The highest BCUT2D eigenvalue weighted by Gasteiger charge is 2.01. The first kappa shape index (κ1) is 10.6. The molecule has 2 heterocycles. The van der Waals surface area contributed by atoms with Crippen LogP contribution in [-0.2, 0) is 11.2 Å². The maximum atomic E-state index is 5.01. The van der Waals surface area contributed by atoms with Crippen LogP contribution in [0.3, 0.4) is 0 Å². The van der Waals surface area contributed by atoms with Crippen molar-refractivity contribution in [3.05, 3.63) is 34.7 Å². The molecule has 0 aliphatic heterocycles. The van der Waals surface area contributed by atoms with Crippen molar-refractivity contribution < 1.29 is 4.74 Å². The molecule has 2 rings (SSSR count). The Kier molecular flexibility index (Phi) is 3.38. The van der Waals surface area contributed by atoms with Crippen LogP contribution in [0.2, 0.25) is 0 Å². The fraction of sp³-hybridized carbons (Fsp3) is 0.364. The molecule has 2 aromatic rings. The summed E-state index contributed by atoms with van der Waals surface area (Å²) < 4.78 is 8.11. The first-order valence-corrected chi connectivity index (χ1v) is 5.71. The number of hydrogen-bond acceptors (Lipinski definition) is 2. The number of fused-ring (bicyclic) bond motifs is 1. The fourth-order valence-corrected chi connectivity index (χ4v) is 1.89. The van der Waals surface area contributed by atoms with Crippen LogP contribution < -0.4 is 0 Å². The first-order chi connectivity index (χ1) is 7.29. The molecule has 80 valence electrons. The van der Waals surface area contributed by atoms with Crippen molar-refractivity contribution in [2.75, 3.05) is 13.7 Å². The Morgan fingerprint density at radius 2 is 2.27 bits per heavy atom. The summed E-state index contributed by atoms with van der Waals surface area (Å²) in [6.07, 6.45) is 6.06. The lowest BCUT2D eigenvalue weighted by Gasteiger charge is -1.94. The van der Waals surface area contributed by atoms with Crippen molar-refractivity contribution in [1.29, 1.82) is 0 Å². The molecule has 0 aliphatic rings. The number of aromatic nitrogens is 2. The van der Waals surface area contributed by atoms with Gasteiger partial charge in [0.1, 0.15) is 5.65 Å². The van der Waals surface area contributed by atoms with Crippen LogP contribution in [0.5, 0.6) is 0 Å². The molecule has 0 N–H and O–H groups in total. The molecule has 0 amide bonds. The molecule has 3 nitrogen and oxygen atoms in total. The molecule has 15 heavy (non-hydrogen) atoms. The van der Waals surface area contributed by atoms with E-state index in [2.05, 4.69) is 27.1 Å². The number of aryl methyl sites for hydroxylation is 1. The number of rotatable bonds is 4. The summed E-state index contributed by atoms with van der Waals surface area (Å²) >= 11 is 3.44. The van der Waals surface area contributed by atoms with Gasteiger partial charge in [0.2, 0.25) is 0 Å². The molecule has 0 saturated heterocycles. The van der Waals surface area contributed by atoms with Crippen molar-refractivity contribution in [1.82, 2.24) is 9.38 Å². The fourth-order valence-electron chi connectivity index (χ4n) is 1.54. The maximum Gasteiger partial charge on any atom is 0.137 e. The summed E-state index contributed by atoms with van der Waals surface area (Å²) in [5.74, 6) is 0. The second-order valence-corrected chi connectivity index (χ2v) is 4.36. The molecule has 0 bridgehead atoms. The number of halogens is 1. The number of nitrogens with zero attached hydrogens (tertiary/aromatic N) is 2. The van der Waals surface area contributed by atoms with E-state index in [4.69, 9.17) is 4.74 Å². The van der Waals surface area contributed by atoms with E-state index in [1.165, 1.54) is 0 Å². The van der Waals surface area contributed by atoms with E-state index < -0.39 is 0 Å². The molecule has 0 spiro atoms. The monoisotopic (exact) mass is 268 g/mol. The molecule has 0 fully saturated rings. The van der Waals surface area contributed by atoms with Crippen molar-refractivity contribution in [3.8, 4) is 0 Å². The van der Waals surface area contributed by atoms with Crippen LogP contribution in [0.4, 0.5) is 0 Å². The number of hydrogen-bond donors (Lipinski definition) is 0. The number of imidazole rings is 1. The Labute approximate surface area is 97.2 Å². The predicted molar refractivity (Wildman–Crippen MR) is 63.1 cm³/mol. The average molecular weight is 269 g/mol. The van der Waals surface area contributed by atoms with E-state index in [1.807, 2.05) is 22.7 Å². The summed E-state index contributed by atoms with van der Waals surface area (Å²) in [4.78, 5) is 4.51. The van der Waals surface area contributed by atoms with Gasteiger partial charge in [-0.2, -0.15) is 0 Å². The summed E-state index contributed by atoms with van der Waals surface area (Å²) in [6, 6.07) is 4.01. The molecular formula is C11H13BrN2O. The Morgan fingerprint density at radius 3 is 3.07 bits per heavy atom. The van der Waals surface area contributed by atoms with Crippen LogP contribution in [-0.4, -0.2) is 23.1 Å². The zero-order valence-corrected chi connectivity index (χ0v) is 10.2. The topological polar surface area (TPSA) is 26.5 Å². The quantitative estimate of drug-likeness (QED) is 0.798. The minimum absolute atomic E-state index is 0.789. The molecule has 2 aromatic heterocycles. The lowest BCUT2D eigenvalue weighted by atomic mass is 10.3. The highest BCUT2D eigenvalue weighted by Crippen LogP contribution is 2.13. The van der Waals surface area contributed by atoms with E-state index in [1.54, 1.807) is 7.11 Å². The van der Waals surface area contributed by atoms with Gasteiger partial charge in [0, 0.05) is 30.6 Å². The SMILES string of the molecule is COCCCc1cn2cc(Br)ccc2n1. The third kappa shape index (κ3) is 2.58. The van der Waals surface area contributed by atoms with E-state index in [0.717, 1.165) is 35.3 Å². The van der Waals surface area contributed by atoms with E-state index in [-0.39, 0.29) is 0 Å². The zero-order chi connectivity index (χ0) is 10.7. The summed E-state index contributed by atoms with van der Waals surface area (Å²) in [5, 5.41) is 0. The zero-order valence-electron chi connectivity index (χ0n) is 8.61. The van der Waals surface area contributed by atoms with Crippen LogP contribution in [0.25, 0.3) is 5.65 Å². The molecular weight excluding hydrogens is 256 g/mol. The number of methoxy groups -OCH3 is 1. The van der Waals surface area contributed by atoms with E-state index >= 15 is 0 Å². The van der Waals surface area contributed by atoms with Gasteiger partial charge in [-0.05, 0) is 40.9 Å². The first-order valence-electron chi connectivity index (χ1n) is 4.91. The van der Waals surface area contributed by atoms with Crippen LogP contribution in [0.1, 0.15) is 12.1 Å². The predicted octanol–water partition coefficient (Wildman–Crippen LogP) is 2.68. The van der Waals surface area contributed by atoms with Gasteiger partial charge >= 0.3 is 0 Å². The minimum Gasteiger partial charge on any atom is -0.385 e. The highest BCUT2D eigenvalue weighted by atomic mass is 79.9. The van der Waals surface area contributed by atoms with Crippen molar-refractivity contribution >= 4 is 21.6 Å². The Balaban J connectivity index is 2.16. The molecule has 0 radical (unpaired) electrons. The van der Waals surface area contributed by atoms with Gasteiger partial charge < -0.3 is 9.14 Å². The molecule has 4 heteroatoms. The third-order valence-corrected chi connectivity index (χ3v) is 2.72. The number of ether oxygens (including phenoxy) is 1. The normalized spacial score (nSPS) is 11.1. The number of pyridine rings is 1. The van der Waals surface area contributed by atoms with E-state index in [0.29, 0.717) is 0 Å². The lowest BCUT2D eigenvalue weighted by Crippen LogP contribution is -1.92. The van der Waals surface area contributed by atoms with Gasteiger partial charge in [-0.15, -0.1) is 0 Å². The highest BCUT2D eigenvalue weighted by molar-refractivity contribution is 9.10. The average Bonchev–Trinajstić information content (AvgIpc) is 2.60. The molecule has 0 unspecified atom stereocenters. The molecule has 0 aromatic carbocycles.